The second-order valence-corrected chi connectivity index (χ2v) is 4.94. The smallest absolute Gasteiger partial charge is 0.245 e. The predicted octanol–water partition coefficient (Wildman–Crippen LogP) is -0.165. The average Bonchev–Trinajstić information content (AvgIpc) is 2.95. The molecule has 0 saturated carbocycles. The minimum atomic E-state index is -0.252. The van der Waals surface area contributed by atoms with E-state index in [2.05, 4.69) is 10.1 Å². The molecule has 7 heteroatoms. The molecule has 3 rings (SSSR count). The maximum atomic E-state index is 12.3. The lowest BCUT2D eigenvalue weighted by Crippen LogP contribution is -2.61. The fourth-order valence-corrected chi connectivity index (χ4v) is 2.76. The highest BCUT2D eigenvalue weighted by molar-refractivity contribution is 5.95. The Morgan fingerprint density at radius 3 is 3.05 bits per heavy atom. The summed E-state index contributed by atoms with van der Waals surface area (Å²) in [5.41, 5.74) is 0. The Bertz CT molecular complexity index is 473. The summed E-state index contributed by atoms with van der Waals surface area (Å²) in [6.07, 6.45) is 4.62. The van der Waals surface area contributed by atoms with Gasteiger partial charge in [0.05, 0.1) is 6.54 Å². The predicted molar refractivity (Wildman–Crippen MR) is 63.9 cm³/mol. The Kier molecular flexibility index (Phi) is 3.18. The molecule has 0 bridgehead atoms. The van der Waals surface area contributed by atoms with Crippen molar-refractivity contribution in [2.75, 3.05) is 19.6 Å². The SMILES string of the molecule is O=C1C2CCCCN2C(=O)CN1CCc1ncno1. The van der Waals surface area contributed by atoms with Gasteiger partial charge >= 0.3 is 0 Å². The normalized spacial score (nSPS) is 23.7. The summed E-state index contributed by atoms with van der Waals surface area (Å²) in [4.78, 5) is 31.6. The van der Waals surface area contributed by atoms with Gasteiger partial charge in [-0.1, -0.05) is 5.16 Å². The fourth-order valence-electron chi connectivity index (χ4n) is 2.76. The van der Waals surface area contributed by atoms with E-state index in [-0.39, 0.29) is 24.4 Å². The minimum absolute atomic E-state index is 0.0508. The number of carbonyl (C=O) groups excluding carboxylic acids is 2. The number of fused-ring (bicyclic) bond motifs is 1. The first-order valence-corrected chi connectivity index (χ1v) is 6.59. The summed E-state index contributed by atoms with van der Waals surface area (Å²) < 4.78 is 4.90. The maximum absolute atomic E-state index is 12.3. The van der Waals surface area contributed by atoms with Crippen LogP contribution in [0.5, 0.6) is 0 Å². The van der Waals surface area contributed by atoms with Crippen LogP contribution in [0.15, 0.2) is 10.9 Å². The van der Waals surface area contributed by atoms with E-state index in [0.717, 1.165) is 19.3 Å². The quantitative estimate of drug-likeness (QED) is 0.757. The zero-order chi connectivity index (χ0) is 13.2. The molecule has 102 valence electrons. The van der Waals surface area contributed by atoms with E-state index in [9.17, 15) is 9.59 Å². The number of aromatic nitrogens is 2. The van der Waals surface area contributed by atoms with E-state index >= 15 is 0 Å². The van der Waals surface area contributed by atoms with Gasteiger partial charge in [0.15, 0.2) is 6.33 Å². The lowest BCUT2D eigenvalue weighted by atomic mass is 9.98. The van der Waals surface area contributed by atoms with Crippen LogP contribution in [0.2, 0.25) is 0 Å². The van der Waals surface area contributed by atoms with Crippen LogP contribution in [0.4, 0.5) is 0 Å². The standard InChI is InChI=1S/C12H16N4O3/c17-11-7-15(6-4-10-13-8-14-19-10)12(18)9-3-1-2-5-16(9)11/h8-9H,1-7H2. The molecule has 0 N–H and O–H groups in total. The molecule has 2 aliphatic rings. The van der Waals surface area contributed by atoms with Crippen molar-refractivity contribution in [3.63, 3.8) is 0 Å². The molecule has 0 aliphatic carbocycles. The van der Waals surface area contributed by atoms with Crippen molar-refractivity contribution in [2.45, 2.75) is 31.7 Å². The summed E-state index contributed by atoms with van der Waals surface area (Å²) in [5, 5.41) is 3.52. The Morgan fingerprint density at radius 2 is 2.26 bits per heavy atom. The molecule has 7 nitrogen and oxygen atoms in total. The number of carbonyl (C=O) groups is 2. The van der Waals surface area contributed by atoms with E-state index < -0.39 is 0 Å². The van der Waals surface area contributed by atoms with E-state index in [4.69, 9.17) is 4.52 Å². The maximum Gasteiger partial charge on any atom is 0.245 e. The number of nitrogens with zero attached hydrogens (tertiary/aromatic N) is 4. The lowest BCUT2D eigenvalue weighted by molar-refractivity contribution is -0.157. The minimum Gasteiger partial charge on any atom is -0.340 e. The zero-order valence-corrected chi connectivity index (χ0v) is 10.6. The highest BCUT2D eigenvalue weighted by Crippen LogP contribution is 2.23. The molecule has 0 radical (unpaired) electrons. The molecule has 1 aromatic rings. The third-order valence-corrected chi connectivity index (χ3v) is 3.75. The summed E-state index contributed by atoms with van der Waals surface area (Å²) in [6, 6.07) is -0.252. The van der Waals surface area contributed by atoms with Crippen LogP contribution < -0.4 is 0 Å². The zero-order valence-electron chi connectivity index (χ0n) is 10.6. The summed E-state index contributed by atoms with van der Waals surface area (Å²) in [7, 11) is 0. The highest BCUT2D eigenvalue weighted by Gasteiger charge is 2.40. The Labute approximate surface area is 110 Å². The van der Waals surface area contributed by atoms with Crippen LogP contribution in [0, 0.1) is 0 Å². The molecule has 0 spiro atoms. The van der Waals surface area contributed by atoms with Gasteiger partial charge in [-0.25, -0.2) is 0 Å². The number of amides is 2. The van der Waals surface area contributed by atoms with Crippen LogP contribution in [-0.2, 0) is 16.0 Å². The first-order chi connectivity index (χ1) is 9.25. The fraction of sp³-hybridized carbons (Fsp3) is 0.667. The topological polar surface area (TPSA) is 79.5 Å². The molecule has 2 saturated heterocycles. The van der Waals surface area contributed by atoms with Crippen molar-refractivity contribution in [1.82, 2.24) is 19.9 Å². The monoisotopic (exact) mass is 264 g/mol. The Balaban J connectivity index is 1.65. The van der Waals surface area contributed by atoms with Crippen LogP contribution in [0.25, 0.3) is 0 Å². The second-order valence-electron chi connectivity index (χ2n) is 4.94. The number of piperazine rings is 1. The Morgan fingerprint density at radius 1 is 1.37 bits per heavy atom. The van der Waals surface area contributed by atoms with Gasteiger partial charge in [-0.05, 0) is 19.3 Å². The van der Waals surface area contributed by atoms with E-state index in [1.165, 1.54) is 6.33 Å². The van der Waals surface area contributed by atoms with Gasteiger partial charge in [0.25, 0.3) is 0 Å². The van der Waals surface area contributed by atoms with Crippen LogP contribution >= 0.6 is 0 Å². The van der Waals surface area contributed by atoms with Crippen molar-refractivity contribution in [3.05, 3.63) is 12.2 Å². The van der Waals surface area contributed by atoms with Crippen LogP contribution in [-0.4, -0.2) is 57.4 Å². The van der Waals surface area contributed by atoms with Gasteiger partial charge in [-0.2, -0.15) is 4.98 Å². The van der Waals surface area contributed by atoms with Crippen molar-refractivity contribution < 1.29 is 14.1 Å². The highest BCUT2D eigenvalue weighted by atomic mass is 16.5. The van der Waals surface area contributed by atoms with Gasteiger partial charge in [-0.15, -0.1) is 0 Å². The summed E-state index contributed by atoms with van der Waals surface area (Å²) >= 11 is 0. The molecule has 2 fully saturated rings. The first-order valence-electron chi connectivity index (χ1n) is 6.59. The van der Waals surface area contributed by atoms with E-state index in [1.54, 1.807) is 9.80 Å². The molecule has 1 unspecified atom stereocenters. The van der Waals surface area contributed by atoms with Crippen LogP contribution in [0.3, 0.4) is 0 Å². The molecular formula is C12H16N4O3. The van der Waals surface area contributed by atoms with Gasteiger partial charge in [-0.3, -0.25) is 9.59 Å². The number of hydrogen-bond acceptors (Lipinski definition) is 5. The Hall–Kier alpha value is -1.92. The molecule has 3 heterocycles. The summed E-state index contributed by atoms with van der Waals surface area (Å²) in [6.45, 7) is 1.34. The van der Waals surface area contributed by atoms with Crippen molar-refractivity contribution in [1.29, 1.82) is 0 Å². The molecular weight excluding hydrogens is 248 g/mol. The van der Waals surface area contributed by atoms with E-state index in [1.807, 2.05) is 0 Å². The van der Waals surface area contributed by atoms with Gasteiger partial charge in [0, 0.05) is 19.5 Å². The molecule has 2 amide bonds. The third-order valence-electron chi connectivity index (χ3n) is 3.75. The largest absolute Gasteiger partial charge is 0.340 e. The lowest BCUT2D eigenvalue weighted by Gasteiger charge is -2.42. The molecule has 1 aromatic heterocycles. The molecule has 1 atom stereocenters. The first kappa shape index (κ1) is 12.1. The van der Waals surface area contributed by atoms with Crippen molar-refractivity contribution >= 4 is 11.8 Å². The molecule has 2 aliphatic heterocycles. The number of piperidine rings is 1. The van der Waals surface area contributed by atoms with Gasteiger partial charge < -0.3 is 14.3 Å². The third kappa shape index (κ3) is 2.32. The van der Waals surface area contributed by atoms with Gasteiger partial charge in [0.2, 0.25) is 17.7 Å². The van der Waals surface area contributed by atoms with Crippen LogP contribution in [0.1, 0.15) is 25.2 Å². The van der Waals surface area contributed by atoms with Gasteiger partial charge in [0.1, 0.15) is 6.04 Å². The van der Waals surface area contributed by atoms with E-state index in [0.29, 0.717) is 25.4 Å². The van der Waals surface area contributed by atoms with Crippen molar-refractivity contribution in [3.8, 4) is 0 Å². The average molecular weight is 264 g/mol. The van der Waals surface area contributed by atoms with Crippen molar-refractivity contribution in [2.24, 2.45) is 0 Å². The summed E-state index contributed by atoms with van der Waals surface area (Å²) in [5.74, 6) is 0.597. The molecule has 0 aromatic carbocycles. The second kappa shape index (κ2) is 4.99. The number of rotatable bonds is 3. The molecule has 19 heavy (non-hydrogen) atoms. The number of hydrogen-bond donors (Lipinski definition) is 0.